The molecule has 2 aromatic rings. The van der Waals surface area contributed by atoms with Crippen molar-refractivity contribution >= 4 is 15.7 Å². The number of nitrogens with one attached hydrogen (secondary N) is 1. The first kappa shape index (κ1) is 24.4. The molecular weight excluding hydrogens is 425 g/mol. The van der Waals surface area contributed by atoms with Gasteiger partial charge in [0.25, 0.3) is 0 Å². The maximum atomic E-state index is 13.8. The van der Waals surface area contributed by atoms with Crippen molar-refractivity contribution in [2.75, 3.05) is 11.5 Å². The Kier molecular flexibility index (Phi) is 8.46. The molecule has 0 heterocycles. The lowest BCUT2D eigenvalue weighted by atomic mass is 9.75. The molecule has 0 radical (unpaired) electrons. The molecule has 0 spiro atoms. The molecule has 0 aliphatic heterocycles. The Labute approximate surface area is 191 Å². The highest BCUT2D eigenvalue weighted by molar-refractivity contribution is 7.91. The van der Waals surface area contributed by atoms with Gasteiger partial charge in [0.1, 0.15) is 15.7 Å². The minimum absolute atomic E-state index is 0.0118. The Morgan fingerprint density at radius 3 is 2.62 bits per heavy atom. The molecule has 2 atom stereocenters. The summed E-state index contributed by atoms with van der Waals surface area (Å²) in [4.78, 5) is 11.8. The zero-order valence-corrected chi connectivity index (χ0v) is 19.9. The van der Waals surface area contributed by atoms with Gasteiger partial charge in [-0.1, -0.05) is 37.3 Å². The van der Waals surface area contributed by atoms with Gasteiger partial charge >= 0.3 is 0 Å². The molecule has 2 unspecified atom stereocenters. The lowest BCUT2D eigenvalue weighted by Gasteiger charge is -2.34. The quantitative estimate of drug-likeness (QED) is 0.522. The highest BCUT2D eigenvalue weighted by Gasteiger charge is 2.30. The van der Waals surface area contributed by atoms with E-state index in [-0.39, 0.29) is 35.2 Å². The minimum atomic E-state index is -2.94. The zero-order chi connectivity index (χ0) is 23.1. The molecule has 32 heavy (non-hydrogen) atoms. The van der Waals surface area contributed by atoms with E-state index < -0.39 is 9.84 Å². The number of fused-ring (bicyclic) bond motifs is 1. The van der Waals surface area contributed by atoms with Gasteiger partial charge in [-0.2, -0.15) is 0 Å². The summed E-state index contributed by atoms with van der Waals surface area (Å²) in [6.45, 7) is 3.43. The average Bonchev–Trinajstić information content (AvgIpc) is 2.72. The molecule has 0 bridgehead atoms. The lowest BCUT2D eigenvalue weighted by molar-refractivity contribution is -0.119. The first-order valence-corrected chi connectivity index (χ1v) is 13.4. The summed E-state index contributed by atoms with van der Waals surface area (Å²) >= 11 is 0. The first-order chi connectivity index (χ1) is 15.3. The molecule has 1 aliphatic rings. The monoisotopic (exact) mass is 459 g/mol. The molecule has 174 valence electrons. The van der Waals surface area contributed by atoms with Crippen LogP contribution in [0.5, 0.6) is 0 Å². The van der Waals surface area contributed by atoms with Crippen molar-refractivity contribution in [1.29, 1.82) is 0 Å². The van der Waals surface area contributed by atoms with E-state index in [1.165, 1.54) is 29.7 Å². The summed E-state index contributed by atoms with van der Waals surface area (Å²) in [6, 6.07) is 13.2. The molecule has 3 rings (SSSR count). The highest BCUT2D eigenvalue weighted by Crippen LogP contribution is 2.35. The zero-order valence-electron chi connectivity index (χ0n) is 19.1. The Hall–Kier alpha value is -2.21. The maximum Gasteiger partial charge on any atom is 0.217 e. The maximum absolute atomic E-state index is 13.8. The van der Waals surface area contributed by atoms with Gasteiger partial charge in [-0.05, 0) is 79.3 Å². The molecule has 2 aromatic carbocycles. The number of benzene rings is 2. The van der Waals surface area contributed by atoms with Gasteiger partial charge in [0.05, 0.1) is 5.75 Å². The van der Waals surface area contributed by atoms with Crippen LogP contribution < -0.4 is 5.32 Å². The van der Waals surface area contributed by atoms with Gasteiger partial charge < -0.3 is 5.32 Å². The van der Waals surface area contributed by atoms with E-state index >= 15 is 0 Å². The summed E-state index contributed by atoms with van der Waals surface area (Å²) in [5, 5.41) is 3.11. The third kappa shape index (κ3) is 6.89. The van der Waals surface area contributed by atoms with Crippen LogP contribution in [0.15, 0.2) is 42.5 Å². The second kappa shape index (κ2) is 11.1. The van der Waals surface area contributed by atoms with Gasteiger partial charge in [0.15, 0.2) is 0 Å². The minimum Gasteiger partial charge on any atom is -0.353 e. The first-order valence-electron chi connectivity index (χ1n) is 11.6. The predicted octanol–water partition coefficient (Wildman–Crippen LogP) is 4.75. The van der Waals surface area contributed by atoms with Crippen molar-refractivity contribution in [3.8, 4) is 0 Å². The number of carbonyl (C=O) groups is 1. The van der Waals surface area contributed by atoms with E-state index in [0.717, 1.165) is 31.2 Å². The summed E-state index contributed by atoms with van der Waals surface area (Å²) in [7, 11) is -2.94. The summed E-state index contributed by atoms with van der Waals surface area (Å²) in [5.74, 6) is 0.291. The van der Waals surface area contributed by atoms with Crippen molar-refractivity contribution in [2.24, 2.45) is 0 Å². The van der Waals surface area contributed by atoms with Crippen LogP contribution in [0.25, 0.3) is 0 Å². The van der Waals surface area contributed by atoms with Gasteiger partial charge in [-0.25, -0.2) is 12.8 Å². The highest BCUT2D eigenvalue weighted by atomic mass is 32.2. The van der Waals surface area contributed by atoms with Crippen molar-refractivity contribution in [1.82, 2.24) is 5.32 Å². The number of hydrogen-bond acceptors (Lipinski definition) is 3. The van der Waals surface area contributed by atoms with E-state index in [0.29, 0.717) is 19.3 Å². The Morgan fingerprint density at radius 2 is 1.91 bits per heavy atom. The third-order valence-corrected chi connectivity index (χ3v) is 8.18. The second-order valence-electron chi connectivity index (χ2n) is 8.93. The van der Waals surface area contributed by atoms with Crippen molar-refractivity contribution in [3.05, 3.63) is 70.5 Å². The van der Waals surface area contributed by atoms with Gasteiger partial charge in [0, 0.05) is 24.6 Å². The van der Waals surface area contributed by atoms with Crippen LogP contribution in [0.3, 0.4) is 0 Å². The number of sulfone groups is 1. The van der Waals surface area contributed by atoms with Crippen LogP contribution in [-0.2, 0) is 33.9 Å². The molecule has 0 saturated carbocycles. The number of halogens is 1. The van der Waals surface area contributed by atoms with Crippen LogP contribution in [0.4, 0.5) is 4.39 Å². The Balaban J connectivity index is 1.76. The van der Waals surface area contributed by atoms with Crippen molar-refractivity contribution in [3.63, 3.8) is 0 Å². The number of amides is 1. The topological polar surface area (TPSA) is 63.2 Å². The third-order valence-electron chi connectivity index (χ3n) is 6.24. The van der Waals surface area contributed by atoms with Crippen LogP contribution in [0.2, 0.25) is 0 Å². The number of carbonyl (C=O) groups excluding carboxylic acids is 1. The predicted molar refractivity (Wildman–Crippen MR) is 127 cm³/mol. The van der Waals surface area contributed by atoms with Crippen LogP contribution >= 0.6 is 0 Å². The van der Waals surface area contributed by atoms with E-state index in [9.17, 15) is 17.6 Å². The summed E-state index contributed by atoms with van der Waals surface area (Å²) < 4.78 is 37.7. The largest absolute Gasteiger partial charge is 0.353 e. The number of hydrogen-bond donors (Lipinski definition) is 1. The molecule has 0 fully saturated rings. The Morgan fingerprint density at radius 1 is 1.09 bits per heavy atom. The molecule has 1 aliphatic carbocycles. The second-order valence-corrected chi connectivity index (χ2v) is 11.2. The van der Waals surface area contributed by atoms with E-state index in [2.05, 4.69) is 23.5 Å². The summed E-state index contributed by atoms with van der Waals surface area (Å²) in [6.07, 6.45) is 5.40. The molecule has 1 amide bonds. The standard InChI is InChI=1S/C26H34FNO3S/c1-3-14-32(30,31)15-5-4-7-20-10-11-22-12-13-26(28-19(2)29)25(24(22)17-20)18-21-8-6-9-23(27)16-21/h6,8-11,16-17,25-26H,3-5,7,12-15,18H2,1-2H3,(H,28,29). The fourth-order valence-corrected chi connectivity index (χ4v) is 6.24. The molecule has 4 nitrogen and oxygen atoms in total. The molecule has 6 heteroatoms. The van der Waals surface area contributed by atoms with E-state index in [1.807, 2.05) is 13.0 Å². The Bertz CT molecular complexity index is 1040. The van der Waals surface area contributed by atoms with Crippen LogP contribution in [-0.4, -0.2) is 31.9 Å². The number of rotatable bonds is 10. The fraction of sp³-hybridized carbons (Fsp3) is 0.500. The van der Waals surface area contributed by atoms with E-state index in [1.54, 1.807) is 12.1 Å². The van der Waals surface area contributed by atoms with Crippen molar-refractivity contribution in [2.45, 2.75) is 70.8 Å². The van der Waals surface area contributed by atoms with Gasteiger partial charge in [0.2, 0.25) is 5.91 Å². The lowest BCUT2D eigenvalue weighted by Crippen LogP contribution is -2.41. The fourth-order valence-electron chi connectivity index (χ4n) is 4.77. The molecule has 0 aromatic heterocycles. The van der Waals surface area contributed by atoms with Crippen LogP contribution in [0.1, 0.15) is 67.7 Å². The van der Waals surface area contributed by atoms with Crippen LogP contribution in [0, 0.1) is 5.82 Å². The molecule has 0 saturated heterocycles. The smallest absolute Gasteiger partial charge is 0.217 e. The van der Waals surface area contributed by atoms with Gasteiger partial charge in [-0.15, -0.1) is 0 Å². The average molecular weight is 460 g/mol. The van der Waals surface area contributed by atoms with Gasteiger partial charge in [-0.3, -0.25) is 4.79 Å². The van der Waals surface area contributed by atoms with E-state index in [4.69, 9.17) is 0 Å². The molecule has 1 N–H and O–H groups in total. The number of unbranched alkanes of at least 4 members (excludes halogenated alkanes) is 1. The summed E-state index contributed by atoms with van der Waals surface area (Å²) in [5.41, 5.74) is 4.60. The number of aryl methyl sites for hydroxylation is 2. The SMILES string of the molecule is CCCS(=O)(=O)CCCCc1ccc2c(c1)C(Cc1cccc(F)c1)C(NC(C)=O)CC2. The normalized spacial score (nSPS) is 18.2. The molecular formula is C26H34FNO3S. The van der Waals surface area contributed by atoms with Crippen molar-refractivity contribution < 1.29 is 17.6 Å².